The summed E-state index contributed by atoms with van der Waals surface area (Å²) < 4.78 is 43.3. The Morgan fingerprint density at radius 3 is 2.84 bits per heavy atom. The summed E-state index contributed by atoms with van der Waals surface area (Å²) >= 11 is 3.05. The zero-order chi connectivity index (χ0) is 18.0. The number of rotatable bonds is 6. The summed E-state index contributed by atoms with van der Waals surface area (Å²) in [6, 6.07) is 3.40. The van der Waals surface area contributed by atoms with E-state index in [1.54, 1.807) is 4.57 Å². The fraction of sp³-hybridized carbons (Fsp3) is 0.467. The molecule has 1 aromatic carbocycles. The second kappa shape index (κ2) is 7.38. The molecule has 10 heteroatoms. The van der Waals surface area contributed by atoms with Crippen LogP contribution in [-0.4, -0.2) is 29.3 Å². The normalized spacial score (nSPS) is 14.5. The summed E-state index contributed by atoms with van der Waals surface area (Å²) in [5, 5.41) is 4.31. The van der Waals surface area contributed by atoms with E-state index < -0.39 is 15.8 Å². The Balaban J connectivity index is 1.60. The van der Waals surface area contributed by atoms with E-state index >= 15 is 0 Å². The quantitative estimate of drug-likeness (QED) is 0.703. The van der Waals surface area contributed by atoms with Gasteiger partial charge in [-0.1, -0.05) is 0 Å². The third kappa shape index (κ3) is 4.01. The lowest BCUT2D eigenvalue weighted by Crippen LogP contribution is -2.29. The van der Waals surface area contributed by atoms with Crippen LogP contribution in [0.2, 0.25) is 0 Å². The number of nitrogens with zero attached hydrogens (tertiary/aromatic N) is 3. The monoisotopic (exact) mass is 432 g/mol. The second-order valence-electron chi connectivity index (χ2n) is 5.86. The van der Waals surface area contributed by atoms with E-state index in [1.807, 2.05) is 0 Å². The Bertz CT molecular complexity index is 939. The lowest BCUT2D eigenvalue weighted by Gasteiger charge is -2.09. The summed E-state index contributed by atoms with van der Waals surface area (Å²) in [6.07, 6.45) is 3.23. The average molecular weight is 433 g/mol. The maximum absolute atomic E-state index is 13.1. The van der Waals surface area contributed by atoms with Crippen LogP contribution in [0, 0.1) is 5.82 Å². The highest BCUT2D eigenvalue weighted by Gasteiger charge is 2.19. The van der Waals surface area contributed by atoms with E-state index in [9.17, 15) is 17.6 Å². The smallest absolute Gasteiger partial charge is 0.279 e. The summed E-state index contributed by atoms with van der Waals surface area (Å²) in [5.74, 6) is 0.279. The molecule has 2 heterocycles. The Kier molecular flexibility index (Phi) is 5.40. The van der Waals surface area contributed by atoms with E-state index in [2.05, 4.69) is 25.8 Å². The van der Waals surface area contributed by atoms with E-state index in [4.69, 9.17) is 0 Å². The van der Waals surface area contributed by atoms with Gasteiger partial charge in [0.1, 0.15) is 11.6 Å². The fourth-order valence-electron chi connectivity index (χ4n) is 2.80. The minimum Gasteiger partial charge on any atom is -0.279 e. The van der Waals surface area contributed by atoms with Crippen molar-refractivity contribution in [2.45, 2.75) is 43.7 Å². The molecule has 0 saturated heterocycles. The fourth-order valence-corrected chi connectivity index (χ4v) is 4.92. The Morgan fingerprint density at radius 1 is 1.32 bits per heavy atom. The predicted octanol–water partition coefficient (Wildman–Crippen LogP) is 1.65. The number of aromatic nitrogens is 3. The van der Waals surface area contributed by atoms with Crippen molar-refractivity contribution >= 4 is 26.0 Å². The van der Waals surface area contributed by atoms with Gasteiger partial charge in [-0.3, -0.25) is 4.57 Å². The minimum absolute atomic E-state index is 0.0245. The highest BCUT2D eigenvalue weighted by molar-refractivity contribution is 9.10. The number of hydrogen-bond acceptors (Lipinski definition) is 4. The molecule has 0 saturated carbocycles. The van der Waals surface area contributed by atoms with Crippen molar-refractivity contribution in [2.24, 2.45) is 0 Å². The van der Waals surface area contributed by atoms with Gasteiger partial charge in [0, 0.05) is 30.5 Å². The number of aryl methyl sites for hydroxylation is 2. The zero-order valence-corrected chi connectivity index (χ0v) is 15.8. The van der Waals surface area contributed by atoms with Gasteiger partial charge in [0.05, 0.1) is 4.90 Å². The number of benzene rings is 1. The molecule has 0 unspecified atom stereocenters. The Labute approximate surface area is 153 Å². The molecule has 0 aliphatic carbocycles. The highest BCUT2D eigenvalue weighted by atomic mass is 79.9. The van der Waals surface area contributed by atoms with Crippen molar-refractivity contribution in [1.82, 2.24) is 19.1 Å². The van der Waals surface area contributed by atoms with Crippen LogP contribution in [0.4, 0.5) is 4.39 Å². The molecule has 136 valence electrons. The number of sulfonamides is 1. The summed E-state index contributed by atoms with van der Waals surface area (Å²) in [7, 11) is -3.75. The second-order valence-corrected chi connectivity index (χ2v) is 8.45. The summed E-state index contributed by atoms with van der Waals surface area (Å²) in [4.78, 5) is 12.2. The minimum atomic E-state index is -3.75. The van der Waals surface area contributed by atoms with Crippen LogP contribution in [-0.2, 0) is 29.5 Å². The van der Waals surface area contributed by atoms with E-state index in [-0.39, 0.29) is 21.6 Å². The first-order chi connectivity index (χ1) is 11.9. The molecular formula is C15H18BrFN4O3S. The summed E-state index contributed by atoms with van der Waals surface area (Å²) in [6.45, 7) is 1.19. The molecule has 0 radical (unpaired) electrons. The predicted molar refractivity (Wildman–Crippen MR) is 93.3 cm³/mol. The maximum Gasteiger partial charge on any atom is 0.345 e. The first-order valence-corrected chi connectivity index (χ1v) is 10.3. The van der Waals surface area contributed by atoms with Crippen LogP contribution in [0.1, 0.15) is 25.1 Å². The van der Waals surface area contributed by atoms with E-state index in [0.29, 0.717) is 19.5 Å². The maximum atomic E-state index is 13.1. The first-order valence-electron chi connectivity index (χ1n) is 8.00. The van der Waals surface area contributed by atoms with Crippen molar-refractivity contribution in [2.75, 3.05) is 6.54 Å². The molecule has 1 aliphatic rings. The van der Waals surface area contributed by atoms with Crippen LogP contribution in [0.15, 0.2) is 32.4 Å². The molecule has 25 heavy (non-hydrogen) atoms. The van der Waals surface area contributed by atoms with Gasteiger partial charge in [0.25, 0.3) is 0 Å². The standard InChI is InChI=1S/C15H18BrFN4O3S/c16-12-10-11(17)5-6-13(12)25(23,24)18-7-3-9-21-15(22)20-8-2-1-4-14(20)19-21/h5-6,10,18H,1-4,7-9H2. The lowest BCUT2D eigenvalue weighted by atomic mass is 10.2. The molecular weight excluding hydrogens is 415 g/mol. The molecule has 0 fully saturated rings. The Morgan fingerprint density at radius 2 is 2.12 bits per heavy atom. The molecule has 7 nitrogen and oxygen atoms in total. The largest absolute Gasteiger partial charge is 0.345 e. The number of halogens is 2. The van der Waals surface area contributed by atoms with E-state index in [1.165, 1.54) is 10.7 Å². The van der Waals surface area contributed by atoms with E-state index in [0.717, 1.165) is 37.2 Å². The molecule has 1 N–H and O–H groups in total. The van der Waals surface area contributed by atoms with Crippen molar-refractivity contribution in [3.63, 3.8) is 0 Å². The van der Waals surface area contributed by atoms with Crippen LogP contribution < -0.4 is 10.4 Å². The number of nitrogens with one attached hydrogen (secondary N) is 1. The van der Waals surface area contributed by atoms with Gasteiger partial charge in [-0.25, -0.2) is 27.0 Å². The van der Waals surface area contributed by atoms with Crippen molar-refractivity contribution in [1.29, 1.82) is 0 Å². The third-order valence-electron chi connectivity index (χ3n) is 4.05. The number of fused-ring (bicyclic) bond motifs is 1. The van der Waals surface area contributed by atoms with Gasteiger partial charge in [-0.2, -0.15) is 5.10 Å². The van der Waals surface area contributed by atoms with Gasteiger partial charge >= 0.3 is 5.69 Å². The van der Waals surface area contributed by atoms with Crippen LogP contribution >= 0.6 is 15.9 Å². The van der Waals surface area contributed by atoms with Crippen LogP contribution in [0.5, 0.6) is 0 Å². The highest BCUT2D eigenvalue weighted by Crippen LogP contribution is 2.22. The number of hydrogen-bond donors (Lipinski definition) is 1. The Hall–Kier alpha value is -1.52. The molecule has 0 amide bonds. The molecule has 0 spiro atoms. The first kappa shape index (κ1) is 18.3. The molecule has 0 bridgehead atoms. The molecule has 1 aliphatic heterocycles. The van der Waals surface area contributed by atoms with Crippen molar-refractivity contribution in [3.05, 3.63) is 44.8 Å². The topological polar surface area (TPSA) is 86.0 Å². The molecule has 3 rings (SSSR count). The van der Waals surface area contributed by atoms with Gasteiger partial charge in [-0.05, 0) is 53.4 Å². The zero-order valence-electron chi connectivity index (χ0n) is 13.4. The van der Waals surface area contributed by atoms with Gasteiger partial charge in [-0.15, -0.1) is 0 Å². The van der Waals surface area contributed by atoms with Gasteiger partial charge in [0.2, 0.25) is 10.0 Å². The van der Waals surface area contributed by atoms with Crippen molar-refractivity contribution in [3.8, 4) is 0 Å². The third-order valence-corrected chi connectivity index (χ3v) is 6.49. The SMILES string of the molecule is O=c1n(CCCNS(=O)(=O)c2ccc(F)cc2Br)nc2n1CCCC2. The lowest BCUT2D eigenvalue weighted by molar-refractivity contribution is 0.508. The molecule has 1 aromatic heterocycles. The van der Waals surface area contributed by atoms with Crippen LogP contribution in [0.25, 0.3) is 0 Å². The summed E-state index contributed by atoms with van der Waals surface area (Å²) in [5.41, 5.74) is -0.140. The molecule has 2 aromatic rings. The van der Waals surface area contributed by atoms with Crippen molar-refractivity contribution < 1.29 is 12.8 Å². The van der Waals surface area contributed by atoms with Crippen LogP contribution in [0.3, 0.4) is 0 Å². The molecule has 0 atom stereocenters. The van der Waals surface area contributed by atoms with Gasteiger partial charge in [0.15, 0.2) is 0 Å². The van der Waals surface area contributed by atoms with Gasteiger partial charge < -0.3 is 0 Å². The average Bonchev–Trinajstić information content (AvgIpc) is 2.88.